The molecule has 0 bridgehead atoms. The van der Waals surface area contributed by atoms with Crippen LogP contribution < -0.4 is 15.2 Å². The number of methoxy groups -OCH3 is 1. The second-order valence-corrected chi connectivity index (χ2v) is 4.13. The summed E-state index contributed by atoms with van der Waals surface area (Å²) in [6.07, 6.45) is 0. The molecule has 2 aromatic rings. The van der Waals surface area contributed by atoms with Gasteiger partial charge in [0.05, 0.1) is 18.1 Å². The van der Waals surface area contributed by atoms with Gasteiger partial charge in [-0.2, -0.15) is 0 Å². The van der Waals surface area contributed by atoms with Crippen LogP contribution in [0.15, 0.2) is 36.4 Å². The number of nitrogens with two attached hydrogens (primary N) is 1. The maximum atomic E-state index is 13.8. The van der Waals surface area contributed by atoms with Gasteiger partial charge >= 0.3 is 0 Å². The van der Waals surface area contributed by atoms with Gasteiger partial charge in [0.2, 0.25) is 0 Å². The monoisotopic (exact) mass is 292 g/mol. The van der Waals surface area contributed by atoms with Crippen LogP contribution in [0.25, 0.3) is 0 Å². The van der Waals surface area contributed by atoms with Crippen LogP contribution in [0, 0.1) is 15.9 Å². The van der Waals surface area contributed by atoms with Gasteiger partial charge in [0.25, 0.3) is 5.69 Å². The van der Waals surface area contributed by atoms with Gasteiger partial charge < -0.3 is 15.2 Å². The molecule has 2 N–H and O–H groups in total. The molecule has 7 heteroatoms. The van der Waals surface area contributed by atoms with Gasteiger partial charge in [0.15, 0.2) is 23.1 Å². The van der Waals surface area contributed by atoms with Crippen LogP contribution in [0.3, 0.4) is 0 Å². The van der Waals surface area contributed by atoms with Crippen LogP contribution in [0.2, 0.25) is 0 Å². The molecule has 6 nitrogen and oxygen atoms in total. The minimum atomic E-state index is -0.571. The van der Waals surface area contributed by atoms with E-state index < -0.39 is 10.7 Å². The molecule has 0 saturated heterocycles. The molecule has 2 rings (SSSR count). The van der Waals surface area contributed by atoms with E-state index in [-0.39, 0.29) is 29.5 Å². The lowest BCUT2D eigenvalue weighted by Crippen LogP contribution is -2.02. The Bertz CT molecular complexity index is 676. The summed E-state index contributed by atoms with van der Waals surface area (Å²) < 4.78 is 24.4. The summed E-state index contributed by atoms with van der Waals surface area (Å²) >= 11 is 0. The maximum Gasteiger partial charge on any atom is 0.273 e. The Kier molecular flexibility index (Phi) is 4.34. The van der Waals surface area contributed by atoms with E-state index in [4.69, 9.17) is 15.2 Å². The van der Waals surface area contributed by atoms with Crippen molar-refractivity contribution in [1.82, 2.24) is 0 Å². The Hall–Kier alpha value is -2.67. The van der Waals surface area contributed by atoms with E-state index in [2.05, 4.69) is 0 Å². The highest BCUT2D eigenvalue weighted by molar-refractivity contribution is 5.51. The van der Waals surface area contributed by atoms with Crippen molar-refractivity contribution in [3.8, 4) is 17.2 Å². The zero-order valence-corrected chi connectivity index (χ0v) is 11.2. The van der Waals surface area contributed by atoms with Crippen molar-refractivity contribution in [2.45, 2.75) is 6.54 Å². The summed E-state index contributed by atoms with van der Waals surface area (Å²) in [6.45, 7) is 0.0996. The topological polar surface area (TPSA) is 87.6 Å². The van der Waals surface area contributed by atoms with Gasteiger partial charge in [-0.1, -0.05) is 12.1 Å². The van der Waals surface area contributed by atoms with Gasteiger partial charge in [-0.25, -0.2) is 4.39 Å². The van der Waals surface area contributed by atoms with Crippen LogP contribution in [0.5, 0.6) is 17.2 Å². The van der Waals surface area contributed by atoms with Gasteiger partial charge in [0, 0.05) is 18.2 Å². The quantitative estimate of drug-likeness (QED) is 0.676. The summed E-state index contributed by atoms with van der Waals surface area (Å²) in [5.74, 6) is -0.288. The lowest BCUT2D eigenvalue weighted by molar-refractivity contribution is -0.384. The zero-order chi connectivity index (χ0) is 15.4. The molecule has 0 aliphatic heterocycles. The number of non-ortho nitro benzene ring substituents is 1. The average molecular weight is 292 g/mol. The molecule has 110 valence electrons. The Labute approximate surface area is 120 Å². The largest absolute Gasteiger partial charge is 0.493 e. The van der Waals surface area contributed by atoms with Crippen molar-refractivity contribution in [2.24, 2.45) is 5.73 Å². The van der Waals surface area contributed by atoms with Gasteiger partial charge in [-0.3, -0.25) is 10.1 Å². The third kappa shape index (κ3) is 3.09. The van der Waals surface area contributed by atoms with Gasteiger partial charge in [-0.05, 0) is 12.1 Å². The molecular weight excluding hydrogens is 279 g/mol. The third-order valence-electron chi connectivity index (χ3n) is 2.84. The summed E-state index contributed by atoms with van der Waals surface area (Å²) in [5, 5.41) is 10.7. The van der Waals surface area contributed by atoms with E-state index in [1.165, 1.54) is 37.4 Å². The van der Waals surface area contributed by atoms with Crippen LogP contribution >= 0.6 is 0 Å². The first kappa shape index (κ1) is 14.7. The van der Waals surface area contributed by atoms with E-state index in [1.807, 2.05) is 0 Å². The fraction of sp³-hybridized carbons (Fsp3) is 0.143. The van der Waals surface area contributed by atoms with Crippen LogP contribution in [0.4, 0.5) is 10.1 Å². The summed E-state index contributed by atoms with van der Waals surface area (Å²) in [7, 11) is 1.34. The molecule has 2 aromatic carbocycles. The SMILES string of the molecule is COc1cc([N+](=O)[O-])ccc1Oc1c(F)cccc1CN. The molecule has 0 atom stereocenters. The number of hydrogen-bond acceptors (Lipinski definition) is 5. The second kappa shape index (κ2) is 6.19. The molecule has 0 aliphatic carbocycles. The highest BCUT2D eigenvalue weighted by Gasteiger charge is 2.16. The molecule has 0 heterocycles. The standard InChI is InChI=1S/C14H13FN2O4/c1-20-13-7-10(17(18)19)5-6-12(13)21-14-9(8-16)3-2-4-11(14)15/h2-7H,8,16H2,1H3. The minimum Gasteiger partial charge on any atom is -0.493 e. The van der Waals surface area contributed by atoms with Crippen molar-refractivity contribution >= 4 is 5.69 Å². The van der Waals surface area contributed by atoms with Crippen LogP contribution in [-0.2, 0) is 6.54 Å². The number of para-hydroxylation sites is 1. The average Bonchev–Trinajstić information content (AvgIpc) is 2.49. The maximum absolute atomic E-state index is 13.8. The number of nitro benzene ring substituents is 1. The van der Waals surface area contributed by atoms with Crippen LogP contribution in [-0.4, -0.2) is 12.0 Å². The number of rotatable bonds is 5. The zero-order valence-electron chi connectivity index (χ0n) is 11.2. The first-order valence-corrected chi connectivity index (χ1v) is 6.04. The molecule has 0 aliphatic rings. The summed E-state index contributed by atoms with van der Waals surface area (Å²) in [5.41, 5.74) is 5.88. The number of ether oxygens (including phenoxy) is 2. The van der Waals surface area contributed by atoms with Crippen molar-refractivity contribution < 1.29 is 18.8 Å². The van der Waals surface area contributed by atoms with Crippen molar-refractivity contribution in [2.75, 3.05) is 7.11 Å². The summed E-state index contributed by atoms with van der Waals surface area (Å²) in [4.78, 5) is 10.2. The highest BCUT2D eigenvalue weighted by Crippen LogP contribution is 2.36. The van der Waals surface area contributed by atoms with Gasteiger partial charge in [0.1, 0.15) is 0 Å². The fourth-order valence-electron chi connectivity index (χ4n) is 1.79. The molecule has 0 fully saturated rings. The summed E-state index contributed by atoms with van der Waals surface area (Å²) in [6, 6.07) is 8.21. The fourth-order valence-corrected chi connectivity index (χ4v) is 1.79. The van der Waals surface area contributed by atoms with Crippen molar-refractivity contribution in [3.63, 3.8) is 0 Å². The molecular formula is C14H13FN2O4. The Morgan fingerprint density at radius 2 is 2.05 bits per heavy atom. The van der Waals surface area contributed by atoms with Crippen molar-refractivity contribution in [1.29, 1.82) is 0 Å². The predicted octanol–water partition coefficient (Wildman–Crippen LogP) is 2.99. The number of nitrogens with zero attached hydrogens (tertiary/aromatic N) is 1. The Balaban J connectivity index is 2.42. The van der Waals surface area contributed by atoms with E-state index >= 15 is 0 Å². The lowest BCUT2D eigenvalue weighted by atomic mass is 10.2. The molecule has 0 saturated carbocycles. The smallest absolute Gasteiger partial charge is 0.273 e. The molecule has 0 spiro atoms. The number of nitro groups is 1. The van der Waals surface area contributed by atoms with E-state index in [0.29, 0.717) is 5.56 Å². The number of halogens is 1. The lowest BCUT2D eigenvalue weighted by Gasteiger charge is -2.13. The minimum absolute atomic E-state index is 0.0212. The number of hydrogen-bond donors (Lipinski definition) is 1. The molecule has 0 radical (unpaired) electrons. The molecule has 21 heavy (non-hydrogen) atoms. The first-order valence-electron chi connectivity index (χ1n) is 6.04. The van der Waals surface area contributed by atoms with E-state index in [1.54, 1.807) is 6.07 Å². The Morgan fingerprint density at radius 3 is 2.67 bits per heavy atom. The first-order chi connectivity index (χ1) is 10.1. The molecule has 0 unspecified atom stereocenters. The van der Waals surface area contributed by atoms with E-state index in [9.17, 15) is 14.5 Å². The van der Waals surface area contributed by atoms with Crippen molar-refractivity contribution in [3.05, 3.63) is 57.9 Å². The third-order valence-corrected chi connectivity index (χ3v) is 2.84. The predicted molar refractivity (Wildman–Crippen MR) is 74.0 cm³/mol. The number of benzene rings is 2. The van der Waals surface area contributed by atoms with Crippen LogP contribution in [0.1, 0.15) is 5.56 Å². The molecule has 0 aromatic heterocycles. The molecule has 0 amide bonds. The normalized spacial score (nSPS) is 10.2. The van der Waals surface area contributed by atoms with E-state index in [0.717, 1.165) is 0 Å². The Morgan fingerprint density at radius 1 is 1.29 bits per heavy atom. The second-order valence-electron chi connectivity index (χ2n) is 4.13. The highest BCUT2D eigenvalue weighted by atomic mass is 19.1. The van der Waals surface area contributed by atoms with Gasteiger partial charge in [-0.15, -0.1) is 0 Å².